The average Bonchev–Trinajstić information content (AvgIpc) is 3.06. The van der Waals surface area contributed by atoms with Crippen LogP contribution in [0.3, 0.4) is 0 Å². The number of amides is 1. The van der Waals surface area contributed by atoms with Crippen LogP contribution in [-0.4, -0.2) is 27.0 Å². The van der Waals surface area contributed by atoms with Crippen molar-refractivity contribution in [2.75, 3.05) is 11.9 Å². The monoisotopic (exact) mass is 439 g/mol. The van der Waals surface area contributed by atoms with E-state index >= 15 is 0 Å². The summed E-state index contributed by atoms with van der Waals surface area (Å²) in [7, 11) is 1.89. The predicted octanol–water partition coefficient (Wildman–Crippen LogP) is 4.99. The second kappa shape index (κ2) is 8.73. The van der Waals surface area contributed by atoms with Gasteiger partial charge in [-0.2, -0.15) is 0 Å². The van der Waals surface area contributed by atoms with Crippen LogP contribution < -0.4 is 10.6 Å². The fraction of sp³-hybridized carbons (Fsp3) is 0.136. The van der Waals surface area contributed by atoms with Crippen LogP contribution in [0.2, 0.25) is 10.0 Å². The summed E-state index contributed by atoms with van der Waals surface area (Å²) in [6.45, 7) is 0.543. The van der Waals surface area contributed by atoms with E-state index in [0.717, 1.165) is 17.5 Å². The number of carbonyl (C=O) groups is 1. The third kappa shape index (κ3) is 4.25. The van der Waals surface area contributed by atoms with Gasteiger partial charge in [0.05, 0.1) is 26.8 Å². The van der Waals surface area contributed by atoms with Gasteiger partial charge in [-0.3, -0.25) is 9.78 Å². The normalized spacial score (nSPS) is 10.9. The minimum absolute atomic E-state index is 0.139. The minimum Gasteiger partial charge on any atom is -0.352 e. The van der Waals surface area contributed by atoms with Crippen LogP contribution >= 0.6 is 23.2 Å². The summed E-state index contributed by atoms with van der Waals surface area (Å²) >= 11 is 12.5. The maximum Gasteiger partial charge on any atom is 0.251 e. The first-order chi connectivity index (χ1) is 14.5. The van der Waals surface area contributed by atoms with Gasteiger partial charge in [0.2, 0.25) is 5.95 Å². The number of halogens is 2. The molecule has 2 aromatic heterocycles. The summed E-state index contributed by atoms with van der Waals surface area (Å²) in [5.74, 6) is 0.440. The maximum absolute atomic E-state index is 12.5. The quantitative estimate of drug-likeness (QED) is 0.443. The Morgan fingerprint density at radius 1 is 1.07 bits per heavy atom. The Bertz CT molecular complexity index is 1190. The van der Waals surface area contributed by atoms with E-state index in [4.69, 9.17) is 23.2 Å². The van der Waals surface area contributed by atoms with Crippen molar-refractivity contribution in [3.8, 4) is 0 Å². The number of fused-ring (bicyclic) bond motifs is 1. The summed E-state index contributed by atoms with van der Waals surface area (Å²) in [6, 6.07) is 14.6. The minimum atomic E-state index is -0.139. The predicted molar refractivity (Wildman–Crippen MR) is 121 cm³/mol. The lowest BCUT2D eigenvalue weighted by molar-refractivity contribution is 0.0954. The first-order valence-corrected chi connectivity index (χ1v) is 10.1. The van der Waals surface area contributed by atoms with Gasteiger partial charge in [0.15, 0.2) is 0 Å². The summed E-state index contributed by atoms with van der Waals surface area (Å²) in [4.78, 5) is 21.1. The molecule has 2 heterocycles. The summed E-state index contributed by atoms with van der Waals surface area (Å²) < 4.78 is 1.89. The molecule has 2 N–H and O–H groups in total. The van der Waals surface area contributed by atoms with Gasteiger partial charge in [-0.05, 0) is 54.4 Å². The van der Waals surface area contributed by atoms with Crippen LogP contribution in [0.1, 0.15) is 15.9 Å². The molecule has 0 saturated heterocycles. The molecule has 0 spiro atoms. The van der Waals surface area contributed by atoms with E-state index in [1.165, 1.54) is 0 Å². The number of para-hydroxylation sites is 1. The van der Waals surface area contributed by atoms with Crippen molar-refractivity contribution in [1.82, 2.24) is 19.9 Å². The largest absolute Gasteiger partial charge is 0.352 e. The number of imidazole rings is 1. The Kier molecular flexibility index (Phi) is 5.88. The highest BCUT2D eigenvalue weighted by atomic mass is 35.5. The van der Waals surface area contributed by atoms with E-state index in [-0.39, 0.29) is 5.91 Å². The van der Waals surface area contributed by atoms with Crippen molar-refractivity contribution >= 4 is 51.8 Å². The molecule has 6 nitrogen and oxygen atoms in total. The van der Waals surface area contributed by atoms with Crippen LogP contribution in [0.15, 0.2) is 60.9 Å². The molecule has 0 aliphatic carbocycles. The van der Waals surface area contributed by atoms with Gasteiger partial charge in [-0.1, -0.05) is 29.3 Å². The SMILES string of the molecule is Cn1c(Nc2c(Cl)cccc2Cl)nc2cc(C(=O)NCCc3ccncc3)ccc21. The second-order valence-electron chi connectivity index (χ2n) is 6.78. The van der Waals surface area contributed by atoms with Crippen molar-refractivity contribution < 1.29 is 4.79 Å². The van der Waals surface area contributed by atoms with E-state index in [0.29, 0.717) is 39.3 Å². The van der Waals surface area contributed by atoms with E-state index < -0.39 is 0 Å². The van der Waals surface area contributed by atoms with Crippen molar-refractivity contribution in [2.45, 2.75) is 6.42 Å². The molecule has 0 atom stereocenters. The highest BCUT2D eigenvalue weighted by Crippen LogP contribution is 2.33. The lowest BCUT2D eigenvalue weighted by Crippen LogP contribution is -2.25. The van der Waals surface area contributed by atoms with Crippen LogP contribution in [0.5, 0.6) is 0 Å². The number of hydrogen-bond acceptors (Lipinski definition) is 4. The summed E-state index contributed by atoms with van der Waals surface area (Å²) in [5, 5.41) is 7.13. The molecule has 0 fully saturated rings. The number of carbonyl (C=O) groups excluding carboxylic acids is 1. The van der Waals surface area contributed by atoms with Crippen LogP contribution in [-0.2, 0) is 13.5 Å². The van der Waals surface area contributed by atoms with Gasteiger partial charge in [-0.25, -0.2) is 4.98 Å². The number of nitrogens with zero attached hydrogens (tertiary/aromatic N) is 3. The van der Waals surface area contributed by atoms with Crippen molar-refractivity contribution in [3.05, 3.63) is 82.1 Å². The number of anilines is 2. The third-order valence-electron chi connectivity index (χ3n) is 4.79. The second-order valence-corrected chi connectivity index (χ2v) is 7.60. The zero-order valence-electron chi connectivity index (χ0n) is 16.2. The Hall–Kier alpha value is -3.09. The van der Waals surface area contributed by atoms with Crippen molar-refractivity contribution in [2.24, 2.45) is 7.05 Å². The molecule has 2 aromatic carbocycles. The molecular weight excluding hydrogens is 421 g/mol. The van der Waals surface area contributed by atoms with Crippen molar-refractivity contribution in [3.63, 3.8) is 0 Å². The maximum atomic E-state index is 12.5. The molecule has 0 aliphatic rings. The first-order valence-electron chi connectivity index (χ1n) is 9.37. The molecule has 4 aromatic rings. The summed E-state index contributed by atoms with van der Waals surface area (Å²) in [5.41, 5.74) is 3.85. The molecule has 0 unspecified atom stereocenters. The van der Waals surface area contributed by atoms with E-state index in [1.807, 2.05) is 29.8 Å². The fourth-order valence-corrected chi connectivity index (χ4v) is 3.65. The van der Waals surface area contributed by atoms with Gasteiger partial charge in [0.25, 0.3) is 5.91 Å². The fourth-order valence-electron chi connectivity index (χ4n) is 3.15. The van der Waals surface area contributed by atoms with E-state index in [1.54, 1.807) is 42.7 Å². The number of benzene rings is 2. The van der Waals surface area contributed by atoms with Gasteiger partial charge < -0.3 is 15.2 Å². The topological polar surface area (TPSA) is 71.8 Å². The Morgan fingerprint density at radius 2 is 1.80 bits per heavy atom. The Labute approximate surface area is 183 Å². The number of nitrogens with one attached hydrogen (secondary N) is 2. The molecule has 0 bridgehead atoms. The van der Waals surface area contributed by atoms with Crippen LogP contribution in [0.25, 0.3) is 11.0 Å². The smallest absolute Gasteiger partial charge is 0.251 e. The van der Waals surface area contributed by atoms with Gasteiger partial charge in [-0.15, -0.1) is 0 Å². The molecule has 0 radical (unpaired) electrons. The van der Waals surface area contributed by atoms with Crippen LogP contribution in [0, 0.1) is 0 Å². The Balaban J connectivity index is 1.51. The molecular formula is C22H19Cl2N5O. The standard InChI is InChI=1S/C22H19Cl2N5O/c1-29-19-6-5-15(21(30)26-12-9-14-7-10-25-11-8-14)13-18(19)27-22(29)28-20-16(23)3-2-4-17(20)24/h2-8,10-11,13H,9,12H2,1H3,(H,26,30)(H,27,28). The lowest BCUT2D eigenvalue weighted by Gasteiger charge is -2.09. The van der Waals surface area contributed by atoms with E-state index in [9.17, 15) is 4.79 Å². The third-order valence-corrected chi connectivity index (χ3v) is 5.42. The number of hydrogen-bond donors (Lipinski definition) is 2. The van der Waals surface area contributed by atoms with Gasteiger partial charge >= 0.3 is 0 Å². The van der Waals surface area contributed by atoms with Gasteiger partial charge in [0, 0.05) is 31.5 Å². The summed E-state index contributed by atoms with van der Waals surface area (Å²) in [6.07, 6.45) is 4.23. The zero-order chi connectivity index (χ0) is 21.1. The Morgan fingerprint density at radius 3 is 2.53 bits per heavy atom. The number of aromatic nitrogens is 3. The molecule has 0 saturated carbocycles. The van der Waals surface area contributed by atoms with Crippen LogP contribution in [0.4, 0.5) is 11.6 Å². The molecule has 1 amide bonds. The number of aryl methyl sites for hydroxylation is 1. The van der Waals surface area contributed by atoms with Crippen molar-refractivity contribution in [1.29, 1.82) is 0 Å². The van der Waals surface area contributed by atoms with E-state index in [2.05, 4.69) is 20.6 Å². The number of rotatable bonds is 6. The first kappa shape index (κ1) is 20.2. The molecule has 0 aliphatic heterocycles. The highest BCUT2D eigenvalue weighted by Gasteiger charge is 2.14. The zero-order valence-corrected chi connectivity index (χ0v) is 17.7. The molecule has 30 heavy (non-hydrogen) atoms. The number of pyridine rings is 1. The van der Waals surface area contributed by atoms with Gasteiger partial charge in [0.1, 0.15) is 0 Å². The molecule has 4 rings (SSSR count). The molecule has 152 valence electrons. The molecule has 8 heteroatoms. The lowest BCUT2D eigenvalue weighted by atomic mass is 10.1. The average molecular weight is 440 g/mol. The highest BCUT2D eigenvalue weighted by molar-refractivity contribution is 6.39.